The number of carboxylic acid groups (broad SMARTS) is 1. The van der Waals surface area contributed by atoms with Gasteiger partial charge in [0.2, 0.25) is 5.91 Å². The lowest BCUT2D eigenvalue weighted by atomic mass is 9.72. The minimum absolute atomic E-state index is 0.0376. The van der Waals surface area contributed by atoms with Gasteiger partial charge in [0.25, 0.3) is 0 Å². The van der Waals surface area contributed by atoms with Gasteiger partial charge in [-0.05, 0) is 42.0 Å². The summed E-state index contributed by atoms with van der Waals surface area (Å²) < 4.78 is 5.70. The zero-order valence-corrected chi connectivity index (χ0v) is 20.4. The van der Waals surface area contributed by atoms with Crippen LogP contribution in [0.4, 0.5) is 4.79 Å². The molecule has 2 aromatic rings. The van der Waals surface area contributed by atoms with E-state index in [0.29, 0.717) is 19.4 Å². The number of likely N-dealkylation sites (tertiary alicyclic amines) is 1. The molecule has 35 heavy (non-hydrogen) atoms. The third-order valence-corrected chi connectivity index (χ3v) is 8.21. The maximum atomic E-state index is 13.5. The SMILES string of the molecule is CC1(C)CN(C(=O)C2(C)CCCC2NC(=O)OCC2c3ccccc3-c3ccccc32)C1C(=O)O. The van der Waals surface area contributed by atoms with Crippen molar-refractivity contribution in [1.82, 2.24) is 10.2 Å². The van der Waals surface area contributed by atoms with Gasteiger partial charge in [-0.2, -0.15) is 0 Å². The summed E-state index contributed by atoms with van der Waals surface area (Å²) in [4.78, 5) is 39.6. The van der Waals surface area contributed by atoms with Gasteiger partial charge in [0.1, 0.15) is 12.6 Å². The summed E-state index contributed by atoms with van der Waals surface area (Å²) in [6.45, 7) is 6.16. The van der Waals surface area contributed by atoms with Gasteiger partial charge in [-0.25, -0.2) is 9.59 Å². The highest BCUT2D eigenvalue weighted by atomic mass is 16.5. The van der Waals surface area contributed by atoms with E-state index in [4.69, 9.17) is 4.74 Å². The first kappa shape index (κ1) is 23.4. The van der Waals surface area contributed by atoms with Gasteiger partial charge in [-0.15, -0.1) is 0 Å². The molecule has 1 aliphatic heterocycles. The van der Waals surface area contributed by atoms with Crippen molar-refractivity contribution >= 4 is 18.0 Å². The number of fused-ring (bicyclic) bond motifs is 3. The van der Waals surface area contributed by atoms with Crippen LogP contribution in [0.15, 0.2) is 48.5 Å². The Morgan fingerprint density at radius 1 is 1.03 bits per heavy atom. The van der Waals surface area contributed by atoms with Gasteiger partial charge < -0.3 is 20.1 Å². The van der Waals surface area contributed by atoms with E-state index < -0.39 is 35.0 Å². The average molecular weight is 477 g/mol. The van der Waals surface area contributed by atoms with E-state index in [1.54, 1.807) is 0 Å². The van der Waals surface area contributed by atoms with E-state index in [9.17, 15) is 19.5 Å². The minimum atomic E-state index is -0.989. The van der Waals surface area contributed by atoms with Crippen LogP contribution < -0.4 is 5.32 Å². The summed E-state index contributed by atoms with van der Waals surface area (Å²) in [6.07, 6.45) is 1.49. The van der Waals surface area contributed by atoms with Crippen molar-refractivity contribution in [3.8, 4) is 11.1 Å². The molecule has 184 valence electrons. The number of carboxylic acids is 1. The molecule has 2 N–H and O–H groups in total. The predicted octanol–water partition coefficient (Wildman–Crippen LogP) is 4.41. The Balaban J connectivity index is 1.26. The Kier molecular flexibility index (Phi) is 5.61. The van der Waals surface area contributed by atoms with Crippen molar-refractivity contribution in [2.24, 2.45) is 10.8 Å². The van der Waals surface area contributed by atoms with Crippen LogP contribution in [0.1, 0.15) is 57.1 Å². The van der Waals surface area contributed by atoms with Crippen LogP contribution in [0.25, 0.3) is 11.1 Å². The molecule has 1 saturated heterocycles. The quantitative estimate of drug-likeness (QED) is 0.667. The number of aliphatic carboxylic acids is 1. The highest BCUT2D eigenvalue weighted by molar-refractivity contribution is 5.91. The molecule has 3 aliphatic rings. The molecule has 3 unspecified atom stereocenters. The number of ether oxygens (including phenoxy) is 1. The number of amides is 2. The van der Waals surface area contributed by atoms with E-state index >= 15 is 0 Å². The van der Waals surface area contributed by atoms with Crippen LogP contribution in [0, 0.1) is 10.8 Å². The number of rotatable bonds is 5. The number of hydrogen-bond acceptors (Lipinski definition) is 4. The van der Waals surface area contributed by atoms with Crippen LogP contribution in [-0.4, -0.2) is 53.2 Å². The van der Waals surface area contributed by atoms with E-state index in [0.717, 1.165) is 28.7 Å². The highest BCUT2D eigenvalue weighted by Gasteiger charge is 2.58. The molecule has 2 aromatic carbocycles. The standard InChI is InChI=1S/C28H32N2O5/c1-27(2)16-30(23(27)24(31)32)25(33)28(3)14-8-13-22(28)29-26(34)35-15-21-19-11-6-4-9-17(19)18-10-5-7-12-20(18)21/h4-7,9-12,21-23H,8,13-16H2,1-3H3,(H,29,34)(H,31,32). The van der Waals surface area contributed by atoms with Crippen molar-refractivity contribution < 1.29 is 24.2 Å². The zero-order valence-electron chi connectivity index (χ0n) is 20.4. The van der Waals surface area contributed by atoms with E-state index in [2.05, 4.69) is 29.6 Å². The van der Waals surface area contributed by atoms with E-state index in [1.807, 2.05) is 45.0 Å². The number of carbonyl (C=O) groups is 3. The molecule has 0 spiro atoms. The fourth-order valence-corrected chi connectivity index (χ4v) is 6.35. The molecule has 3 atom stereocenters. The Hall–Kier alpha value is -3.35. The molecule has 0 aromatic heterocycles. The Labute approximate surface area is 205 Å². The van der Waals surface area contributed by atoms with Crippen molar-refractivity contribution in [2.45, 2.75) is 58.0 Å². The van der Waals surface area contributed by atoms with Crippen LogP contribution in [0.5, 0.6) is 0 Å². The molecule has 0 bridgehead atoms. The second-order valence-electron chi connectivity index (χ2n) is 11.0. The molecule has 1 saturated carbocycles. The van der Waals surface area contributed by atoms with Crippen molar-refractivity contribution in [3.05, 3.63) is 59.7 Å². The number of nitrogens with one attached hydrogen (secondary N) is 1. The fraction of sp³-hybridized carbons (Fsp3) is 0.464. The summed E-state index contributed by atoms with van der Waals surface area (Å²) in [5.41, 5.74) is 3.29. The van der Waals surface area contributed by atoms with Crippen molar-refractivity contribution in [3.63, 3.8) is 0 Å². The Morgan fingerprint density at radius 3 is 2.20 bits per heavy atom. The molecule has 1 heterocycles. The predicted molar refractivity (Wildman–Crippen MR) is 131 cm³/mol. The van der Waals surface area contributed by atoms with Crippen molar-refractivity contribution in [2.75, 3.05) is 13.2 Å². The molecule has 0 radical (unpaired) electrons. The monoisotopic (exact) mass is 476 g/mol. The van der Waals surface area contributed by atoms with E-state index in [1.165, 1.54) is 4.90 Å². The third kappa shape index (κ3) is 3.77. The zero-order chi connectivity index (χ0) is 25.0. The summed E-state index contributed by atoms with van der Waals surface area (Å²) >= 11 is 0. The number of hydrogen-bond donors (Lipinski definition) is 2. The smallest absolute Gasteiger partial charge is 0.407 e. The molecule has 7 nitrogen and oxygen atoms in total. The molecule has 2 amide bonds. The van der Waals surface area contributed by atoms with E-state index in [-0.39, 0.29) is 18.4 Å². The first-order valence-electron chi connectivity index (χ1n) is 12.3. The Bertz CT molecular complexity index is 1150. The van der Waals surface area contributed by atoms with Gasteiger partial charge in [0.05, 0.1) is 5.41 Å². The van der Waals surface area contributed by atoms with Crippen molar-refractivity contribution in [1.29, 1.82) is 0 Å². The van der Waals surface area contributed by atoms with Gasteiger partial charge in [-0.1, -0.05) is 68.8 Å². The first-order valence-corrected chi connectivity index (χ1v) is 12.3. The topological polar surface area (TPSA) is 95.9 Å². The number of carbonyl (C=O) groups excluding carboxylic acids is 2. The maximum Gasteiger partial charge on any atom is 0.407 e. The number of benzene rings is 2. The molecular formula is C28H32N2O5. The summed E-state index contributed by atoms with van der Waals surface area (Å²) in [7, 11) is 0. The summed E-state index contributed by atoms with van der Waals surface area (Å²) in [5.74, 6) is -1.23. The van der Waals surface area contributed by atoms with Crippen LogP contribution >= 0.6 is 0 Å². The molecule has 5 rings (SSSR count). The summed E-state index contributed by atoms with van der Waals surface area (Å²) in [5, 5.41) is 12.6. The highest BCUT2D eigenvalue weighted by Crippen LogP contribution is 2.46. The largest absolute Gasteiger partial charge is 0.480 e. The lowest BCUT2D eigenvalue weighted by Gasteiger charge is -2.54. The first-order chi connectivity index (χ1) is 16.6. The van der Waals surface area contributed by atoms with Gasteiger partial charge in [0, 0.05) is 23.9 Å². The molecule has 7 heteroatoms. The number of alkyl carbamates (subject to hydrolysis) is 1. The third-order valence-electron chi connectivity index (χ3n) is 8.21. The Morgan fingerprint density at radius 2 is 1.63 bits per heavy atom. The maximum absolute atomic E-state index is 13.5. The number of nitrogens with zero attached hydrogens (tertiary/aromatic N) is 1. The summed E-state index contributed by atoms with van der Waals surface area (Å²) in [6, 6.07) is 15.1. The fourth-order valence-electron chi connectivity index (χ4n) is 6.35. The van der Waals surface area contributed by atoms with Crippen LogP contribution in [-0.2, 0) is 14.3 Å². The molecule has 2 aliphatic carbocycles. The second kappa shape index (κ2) is 8.40. The normalized spacial score (nSPS) is 26.4. The van der Waals surface area contributed by atoms with Gasteiger partial charge in [0.15, 0.2) is 0 Å². The lowest BCUT2D eigenvalue weighted by Crippen LogP contribution is -2.70. The molecular weight excluding hydrogens is 444 g/mol. The lowest BCUT2D eigenvalue weighted by molar-refractivity contribution is -0.177. The van der Waals surface area contributed by atoms with Crippen LogP contribution in [0.2, 0.25) is 0 Å². The average Bonchev–Trinajstić information content (AvgIpc) is 3.34. The molecule has 2 fully saturated rings. The van der Waals surface area contributed by atoms with Gasteiger partial charge in [-0.3, -0.25) is 4.79 Å². The second-order valence-corrected chi connectivity index (χ2v) is 11.0. The van der Waals surface area contributed by atoms with Gasteiger partial charge >= 0.3 is 12.1 Å². The van der Waals surface area contributed by atoms with Crippen LogP contribution in [0.3, 0.4) is 0 Å². The minimum Gasteiger partial charge on any atom is -0.480 e.